The molecule has 1 heterocycles. The summed E-state index contributed by atoms with van der Waals surface area (Å²) in [7, 11) is 1.55. The molecule has 4 nitrogen and oxygen atoms in total. The lowest BCUT2D eigenvalue weighted by Gasteiger charge is -2.02. The summed E-state index contributed by atoms with van der Waals surface area (Å²) in [6, 6.07) is 9.51. The molecule has 1 N–H and O–H groups in total. The summed E-state index contributed by atoms with van der Waals surface area (Å²) in [6.07, 6.45) is 1.55. The normalized spacial score (nSPS) is 10.3. The first-order chi connectivity index (χ1) is 7.81. The van der Waals surface area contributed by atoms with Crippen molar-refractivity contribution in [1.82, 2.24) is 9.97 Å². The molecule has 0 saturated carbocycles. The Morgan fingerprint density at radius 2 is 2.06 bits per heavy atom. The number of H-pyrrole nitrogens is 1. The zero-order chi connectivity index (χ0) is 11.4. The zero-order valence-corrected chi connectivity index (χ0v) is 8.93. The molecule has 0 amide bonds. The van der Waals surface area contributed by atoms with Crippen molar-refractivity contribution in [2.24, 2.45) is 0 Å². The Bertz CT molecular complexity index is 520. The molecule has 0 aliphatic rings. The first kappa shape index (κ1) is 10.6. The number of nitrogens with one attached hydrogen (secondary N) is 1. The maximum Gasteiger partial charge on any atom is 0.256 e. The van der Waals surface area contributed by atoms with E-state index in [1.54, 1.807) is 13.3 Å². The van der Waals surface area contributed by atoms with E-state index in [4.69, 9.17) is 4.74 Å². The largest absolute Gasteiger partial charge is 0.380 e. The van der Waals surface area contributed by atoms with E-state index < -0.39 is 0 Å². The number of aromatic amines is 1. The predicted octanol–water partition coefficient (Wildman–Crippen LogP) is 1.58. The fraction of sp³-hybridized carbons (Fsp3) is 0.167. The van der Waals surface area contributed by atoms with E-state index >= 15 is 0 Å². The zero-order valence-electron chi connectivity index (χ0n) is 8.93. The van der Waals surface area contributed by atoms with Crippen LogP contribution in [0.3, 0.4) is 0 Å². The van der Waals surface area contributed by atoms with Crippen LogP contribution in [0.5, 0.6) is 0 Å². The smallest absolute Gasteiger partial charge is 0.256 e. The van der Waals surface area contributed by atoms with Crippen LogP contribution in [-0.4, -0.2) is 17.1 Å². The standard InChI is InChI=1S/C12H12N2O2/c1-16-8-10-7-13-11(14-12(10)15)9-5-3-2-4-6-9/h2-7H,8H2,1H3,(H,13,14,15). The van der Waals surface area contributed by atoms with Gasteiger partial charge in [0.25, 0.3) is 5.56 Å². The topological polar surface area (TPSA) is 55.0 Å². The molecule has 0 radical (unpaired) electrons. The van der Waals surface area contributed by atoms with Crippen LogP contribution in [0.2, 0.25) is 0 Å². The lowest BCUT2D eigenvalue weighted by atomic mass is 10.2. The van der Waals surface area contributed by atoms with E-state index in [0.717, 1.165) is 5.56 Å². The number of benzene rings is 1. The highest BCUT2D eigenvalue weighted by Gasteiger charge is 2.03. The first-order valence-corrected chi connectivity index (χ1v) is 4.94. The number of nitrogens with zero attached hydrogens (tertiary/aromatic N) is 1. The van der Waals surface area contributed by atoms with Gasteiger partial charge in [-0.05, 0) is 0 Å². The number of methoxy groups -OCH3 is 1. The van der Waals surface area contributed by atoms with Crippen LogP contribution >= 0.6 is 0 Å². The van der Waals surface area contributed by atoms with Crippen LogP contribution in [0.1, 0.15) is 5.56 Å². The average Bonchev–Trinajstić information content (AvgIpc) is 2.33. The van der Waals surface area contributed by atoms with Crippen molar-refractivity contribution >= 4 is 0 Å². The molecule has 2 aromatic rings. The van der Waals surface area contributed by atoms with Gasteiger partial charge in [0.1, 0.15) is 5.82 Å². The molecule has 1 aromatic carbocycles. The molecule has 0 unspecified atom stereocenters. The van der Waals surface area contributed by atoms with Crippen molar-refractivity contribution < 1.29 is 4.74 Å². The number of hydrogen-bond donors (Lipinski definition) is 1. The van der Waals surface area contributed by atoms with Crippen molar-refractivity contribution in [3.05, 3.63) is 52.4 Å². The molecule has 1 aromatic heterocycles. The van der Waals surface area contributed by atoms with Gasteiger partial charge in [0.15, 0.2) is 0 Å². The van der Waals surface area contributed by atoms with Gasteiger partial charge in [-0.2, -0.15) is 0 Å². The Kier molecular flexibility index (Phi) is 3.12. The van der Waals surface area contributed by atoms with E-state index in [1.807, 2.05) is 30.3 Å². The van der Waals surface area contributed by atoms with E-state index in [-0.39, 0.29) is 12.2 Å². The first-order valence-electron chi connectivity index (χ1n) is 4.94. The Morgan fingerprint density at radius 1 is 1.31 bits per heavy atom. The summed E-state index contributed by atoms with van der Waals surface area (Å²) >= 11 is 0. The molecule has 4 heteroatoms. The van der Waals surface area contributed by atoms with Crippen LogP contribution in [0.4, 0.5) is 0 Å². The fourth-order valence-electron chi connectivity index (χ4n) is 1.42. The minimum absolute atomic E-state index is 0.157. The molecule has 0 bridgehead atoms. The molecule has 0 aliphatic heterocycles. The van der Waals surface area contributed by atoms with Gasteiger partial charge in [0, 0.05) is 18.9 Å². The van der Waals surface area contributed by atoms with E-state index in [1.165, 1.54) is 0 Å². The Hall–Kier alpha value is -1.94. The SMILES string of the molecule is COCc1cnc(-c2ccccc2)[nH]c1=O. The van der Waals surface area contributed by atoms with Crippen molar-refractivity contribution in [2.45, 2.75) is 6.61 Å². The molecular formula is C12H12N2O2. The minimum Gasteiger partial charge on any atom is -0.380 e. The van der Waals surface area contributed by atoms with Crippen molar-refractivity contribution in [1.29, 1.82) is 0 Å². The maximum atomic E-state index is 11.6. The number of aromatic nitrogens is 2. The van der Waals surface area contributed by atoms with Crippen molar-refractivity contribution in [3.63, 3.8) is 0 Å². The van der Waals surface area contributed by atoms with Gasteiger partial charge in [-0.15, -0.1) is 0 Å². The van der Waals surface area contributed by atoms with Gasteiger partial charge >= 0.3 is 0 Å². The third kappa shape index (κ3) is 2.17. The van der Waals surface area contributed by atoms with Crippen LogP contribution < -0.4 is 5.56 Å². The van der Waals surface area contributed by atoms with Gasteiger partial charge in [-0.25, -0.2) is 4.98 Å². The second-order valence-corrected chi connectivity index (χ2v) is 3.39. The van der Waals surface area contributed by atoms with E-state index in [2.05, 4.69) is 9.97 Å². The van der Waals surface area contributed by atoms with Gasteiger partial charge in [0.2, 0.25) is 0 Å². The van der Waals surface area contributed by atoms with Crippen LogP contribution in [0.15, 0.2) is 41.3 Å². The fourth-order valence-corrected chi connectivity index (χ4v) is 1.42. The summed E-state index contributed by atoms with van der Waals surface area (Å²) in [4.78, 5) is 18.6. The highest BCUT2D eigenvalue weighted by atomic mass is 16.5. The van der Waals surface area contributed by atoms with Gasteiger partial charge in [-0.1, -0.05) is 30.3 Å². The number of hydrogen-bond acceptors (Lipinski definition) is 3. The van der Waals surface area contributed by atoms with Crippen LogP contribution in [0, 0.1) is 0 Å². The van der Waals surface area contributed by atoms with Gasteiger partial charge in [-0.3, -0.25) is 4.79 Å². The number of rotatable bonds is 3. The number of ether oxygens (including phenoxy) is 1. The Morgan fingerprint density at radius 3 is 2.69 bits per heavy atom. The molecule has 82 valence electrons. The summed E-state index contributed by atoms with van der Waals surface area (Å²) in [5, 5.41) is 0. The van der Waals surface area contributed by atoms with E-state index in [9.17, 15) is 4.79 Å². The second-order valence-electron chi connectivity index (χ2n) is 3.39. The molecule has 0 spiro atoms. The maximum absolute atomic E-state index is 11.6. The van der Waals surface area contributed by atoms with E-state index in [0.29, 0.717) is 11.4 Å². The third-order valence-electron chi connectivity index (χ3n) is 2.22. The van der Waals surface area contributed by atoms with Crippen molar-refractivity contribution in [2.75, 3.05) is 7.11 Å². The molecule has 0 fully saturated rings. The molecular weight excluding hydrogens is 204 g/mol. The third-order valence-corrected chi connectivity index (χ3v) is 2.22. The molecule has 0 aliphatic carbocycles. The summed E-state index contributed by atoms with van der Waals surface area (Å²) in [5.74, 6) is 0.574. The van der Waals surface area contributed by atoms with Crippen molar-refractivity contribution in [3.8, 4) is 11.4 Å². The lowest BCUT2D eigenvalue weighted by molar-refractivity contribution is 0.183. The Labute approximate surface area is 92.9 Å². The predicted molar refractivity (Wildman–Crippen MR) is 61.0 cm³/mol. The molecule has 16 heavy (non-hydrogen) atoms. The molecule has 2 rings (SSSR count). The summed E-state index contributed by atoms with van der Waals surface area (Å²) in [6.45, 7) is 0.275. The van der Waals surface area contributed by atoms with Crippen LogP contribution in [0.25, 0.3) is 11.4 Å². The molecule has 0 atom stereocenters. The highest BCUT2D eigenvalue weighted by molar-refractivity contribution is 5.53. The monoisotopic (exact) mass is 216 g/mol. The lowest BCUT2D eigenvalue weighted by Crippen LogP contribution is -2.15. The van der Waals surface area contributed by atoms with Crippen LogP contribution in [-0.2, 0) is 11.3 Å². The Balaban J connectivity index is 2.39. The average molecular weight is 216 g/mol. The minimum atomic E-state index is -0.157. The van der Waals surface area contributed by atoms with Gasteiger partial charge in [0.05, 0.1) is 12.2 Å². The quantitative estimate of drug-likeness (QED) is 0.847. The van der Waals surface area contributed by atoms with Gasteiger partial charge < -0.3 is 9.72 Å². The summed E-state index contributed by atoms with van der Waals surface area (Å²) < 4.78 is 4.89. The highest BCUT2D eigenvalue weighted by Crippen LogP contribution is 2.11. The summed E-state index contributed by atoms with van der Waals surface area (Å²) in [5.41, 5.74) is 1.27. The second kappa shape index (κ2) is 4.72. The molecule has 0 saturated heterocycles.